The molecule has 2 N–H and O–H groups in total. The topological polar surface area (TPSA) is 93.7 Å². The highest BCUT2D eigenvalue weighted by molar-refractivity contribution is 7.92. The molecule has 1 amide bonds. The molecule has 0 unspecified atom stereocenters. The van der Waals surface area contributed by atoms with Crippen LogP contribution in [0.4, 0.5) is 24.5 Å². The number of methoxy groups -OCH3 is 1. The van der Waals surface area contributed by atoms with E-state index < -0.39 is 34.3 Å². The Kier molecular flexibility index (Phi) is 7.35. The van der Waals surface area contributed by atoms with Crippen molar-refractivity contribution in [3.05, 3.63) is 77.9 Å². The number of carbonyl (C=O) groups excluding carboxylic acids is 1. The molecule has 11 heteroatoms. The average Bonchev–Trinajstić information content (AvgIpc) is 2.78. The number of halogens is 3. The molecule has 0 aliphatic rings. The highest BCUT2D eigenvalue weighted by Gasteiger charge is 2.30. The number of rotatable bonds is 8. The van der Waals surface area contributed by atoms with Gasteiger partial charge >= 0.3 is 6.18 Å². The Bertz CT molecular complexity index is 1280. The van der Waals surface area contributed by atoms with Crippen LogP contribution in [-0.4, -0.2) is 28.0 Å². The summed E-state index contributed by atoms with van der Waals surface area (Å²) in [4.78, 5) is 12.1. The maximum Gasteiger partial charge on any atom is 0.416 e. The van der Waals surface area contributed by atoms with Gasteiger partial charge in [0.2, 0.25) is 0 Å². The molecule has 0 aromatic heterocycles. The fourth-order valence-electron chi connectivity index (χ4n) is 2.94. The van der Waals surface area contributed by atoms with Crippen molar-refractivity contribution in [2.75, 3.05) is 23.8 Å². The number of carbonyl (C=O) groups is 1. The van der Waals surface area contributed by atoms with E-state index in [1.807, 2.05) is 0 Å². The molecule has 0 atom stereocenters. The predicted octanol–water partition coefficient (Wildman–Crippen LogP) is 4.84. The van der Waals surface area contributed by atoms with Crippen molar-refractivity contribution in [2.45, 2.75) is 18.0 Å². The molecule has 0 aliphatic carbocycles. The summed E-state index contributed by atoms with van der Waals surface area (Å²) in [7, 11) is -2.38. The Hall–Kier alpha value is -3.73. The van der Waals surface area contributed by atoms with Crippen LogP contribution < -0.4 is 19.5 Å². The number of hydrogen-bond acceptors (Lipinski definition) is 5. The van der Waals surface area contributed by atoms with E-state index in [-0.39, 0.29) is 16.3 Å². The molecule has 0 fully saturated rings. The number of amides is 1. The first-order chi connectivity index (χ1) is 16.0. The van der Waals surface area contributed by atoms with Crippen molar-refractivity contribution in [3.63, 3.8) is 0 Å². The zero-order valence-electron chi connectivity index (χ0n) is 18.1. The van der Waals surface area contributed by atoms with E-state index in [0.717, 1.165) is 12.1 Å². The van der Waals surface area contributed by atoms with Crippen LogP contribution in [0.25, 0.3) is 0 Å². The van der Waals surface area contributed by atoms with E-state index in [1.54, 1.807) is 31.2 Å². The second-order valence-electron chi connectivity index (χ2n) is 7.18. The van der Waals surface area contributed by atoms with E-state index >= 15 is 0 Å². The van der Waals surface area contributed by atoms with Gasteiger partial charge in [-0.25, -0.2) is 8.42 Å². The summed E-state index contributed by atoms with van der Waals surface area (Å²) in [5.41, 5.74) is -0.108. The van der Waals surface area contributed by atoms with Crippen molar-refractivity contribution in [2.24, 2.45) is 0 Å². The van der Waals surface area contributed by atoms with E-state index in [1.165, 1.54) is 37.4 Å². The van der Waals surface area contributed by atoms with Gasteiger partial charge in [0.15, 0.2) is 6.61 Å². The Morgan fingerprint density at radius 3 is 2.29 bits per heavy atom. The number of anilines is 2. The minimum absolute atomic E-state index is 0.0124. The lowest BCUT2D eigenvalue weighted by molar-refractivity contribution is -0.137. The molecule has 0 saturated carbocycles. The van der Waals surface area contributed by atoms with Gasteiger partial charge in [0.25, 0.3) is 15.9 Å². The van der Waals surface area contributed by atoms with Crippen LogP contribution >= 0.6 is 0 Å². The zero-order chi connectivity index (χ0) is 24.9. The van der Waals surface area contributed by atoms with Gasteiger partial charge in [-0.2, -0.15) is 13.2 Å². The first kappa shape index (κ1) is 24.9. The molecule has 180 valence electrons. The first-order valence-corrected chi connectivity index (χ1v) is 11.3. The molecule has 0 spiro atoms. The molecule has 0 bridgehead atoms. The zero-order valence-corrected chi connectivity index (χ0v) is 19.0. The lowest BCUT2D eigenvalue weighted by atomic mass is 10.2. The third-order valence-electron chi connectivity index (χ3n) is 4.63. The van der Waals surface area contributed by atoms with Gasteiger partial charge in [-0.15, -0.1) is 0 Å². The summed E-state index contributed by atoms with van der Waals surface area (Å²) in [6.45, 7) is 1.12. The summed E-state index contributed by atoms with van der Waals surface area (Å²) in [5.74, 6) is 0.163. The van der Waals surface area contributed by atoms with Crippen LogP contribution in [0.1, 0.15) is 11.1 Å². The van der Waals surface area contributed by atoms with E-state index in [4.69, 9.17) is 9.47 Å². The molecule has 7 nitrogen and oxygen atoms in total. The molecule has 3 aromatic carbocycles. The lowest BCUT2D eigenvalue weighted by Gasteiger charge is -2.13. The van der Waals surface area contributed by atoms with Gasteiger partial charge in [-0.3, -0.25) is 9.52 Å². The molecular formula is C23H21F3N2O5S. The highest BCUT2D eigenvalue weighted by atomic mass is 32.2. The van der Waals surface area contributed by atoms with Gasteiger partial charge in [0.1, 0.15) is 11.5 Å². The average molecular weight is 494 g/mol. The van der Waals surface area contributed by atoms with E-state index in [9.17, 15) is 26.4 Å². The molecule has 34 heavy (non-hydrogen) atoms. The Balaban J connectivity index is 1.63. The van der Waals surface area contributed by atoms with Gasteiger partial charge in [0, 0.05) is 11.4 Å². The Labute approximate surface area is 194 Å². The highest BCUT2D eigenvalue weighted by Crippen LogP contribution is 2.30. The molecule has 0 heterocycles. The second kappa shape index (κ2) is 10.0. The Morgan fingerprint density at radius 1 is 0.971 bits per heavy atom. The molecule has 3 aromatic rings. The van der Waals surface area contributed by atoms with Crippen LogP contribution in [0, 0.1) is 6.92 Å². The molecule has 0 radical (unpaired) electrons. The van der Waals surface area contributed by atoms with Crippen molar-refractivity contribution < 1.29 is 35.9 Å². The predicted molar refractivity (Wildman–Crippen MR) is 121 cm³/mol. The molecular weight excluding hydrogens is 473 g/mol. The molecule has 0 aliphatic heterocycles. The minimum atomic E-state index is -4.53. The number of nitrogens with one attached hydrogen (secondary N) is 2. The van der Waals surface area contributed by atoms with Gasteiger partial charge in [0.05, 0.1) is 17.6 Å². The van der Waals surface area contributed by atoms with Crippen LogP contribution in [0.15, 0.2) is 71.6 Å². The Morgan fingerprint density at radius 2 is 1.68 bits per heavy atom. The fraction of sp³-hybridized carbons (Fsp3) is 0.174. The number of hydrogen-bond donors (Lipinski definition) is 2. The van der Waals surface area contributed by atoms with Crippen molar-refractivity contribution in [1.29, 1.82) is 0 Å². The second-order valence-corrected chi connectivity index (χ2v) is 8.86. The van der Waals surface area contributed by atoms with Gasteiger partial charge < -0.3 is 14.8 Å². The van der Waals surface area contributed by atoms with Gasteiger partial charge in [-0.1, -0.05) is 6.07 Å². The molecule has 0 saturated heterocycles. The smallest absolute Gasteiger partial charge is 0.416 e. The summed E-state index contributed by atoms with van der Waals surface area (Å²) >= 11 is 0. The van der Waals surface area contributed by atoms with Crippen LogP contribution in [0.2, 0.25) is 0 Å². The maximum absolute atomic E-state index is 12.8. The minimum Gasteiger partial charge on any atom is -0.497 e. The van der Waals surface area contributed by atoms with Crippen LogP contribution in [-0.2, 0) is 21.0 Å². The quantitative estimate of drug-likeness (QED) is 0.468. The van der Waals surface area contributed by atoms with Gasteiger partial charge in [-0.05, 0) is 73.2 Å². The third-order valence-corrected chi connectivity index (χ3v) is 6.01. The largest absolute Gasteiger partial charge is 0.497 e. The third kappa shape index (κ3) is 6.41. The fourth-order valence-corrected chi connectivity index (χ4v) is 4.08. The summed E-state index contributed by atoms with van der Waals surface area (Å²) < 4.78 is 76.6. The van der Waals surface area contributed by atoms with Crippen molar-refractivity contribution in [1.82, 2.24) is 0 Å². The van der Waals surface area contributed by atoms with E-state index in [2.05, 4.69) is 10.0 Å². The molecule has 3 rings (SSSR count). The van der Waals surface area contributed by atoms with E-state index in [0.29, 0.717) is 17.0 Å². The first-order valence-electron chi connectivity index (χ1n) is 9.85. The normalized spacial score (nSPS) is 11.6. The number of ether oxygens (including phenoxy) is 2. The lowest BCUT2D eigenvalue weighted by Crippen LogP contribution is -2.21. The summed E-state index contributed by atoms with van der Waals surface area (Å²) in [6.07, 6.45) is -4.53. The number of sulfonamides is 1. The SMILES string of the molecule is COc1ccc(NS(=O)(=O)c2ccc(OCC(=O)Nc3cccc(C(F)(F)F)c3)c(C)c2)cc1. The van der Waals surface area contributed by atoms with Crippen molar-refractivity contribution >= 4 is 27.3 Å². The number of alkyl halides is 3. The van der Waals surface area contributed by atoms with Crippen molar-refractivity contribution in [3.8, 4) is 11.5 Å². The van der Waals surface area contributed by atoms with Crippen LogP contribution in [0.3, 0.4) is 0 Å². The standard InChI is InChI=1S/C23H21F3N2O5S/c1-15-12-20(34(30,31)28-17-6-8-19(32-2)9-7-17)10-11-21(15)33-14-22(29)27-18-5-3-4-16(13-18)23(24,25)26/h3-13,28H,14H2,1-2H3,(H,27,29). The number of benzene rings is 3. The summed E-state index contributed by atoms with van der Waals surface area (Å²) in [6, 6.07) is 14.7. The van der Waals surface area contributed by atoms with Crippen LogP contribution in [0.5, 0.6) is 11.5 Å². The maximum atomic E-state index is 12.8. The monoisotopic (exact) mass is 494 g/mol. The number of aryl methyl sites for hydroxylation is 1. The summed E-state index contributed by atoms with van der Waals surface area (Å²) in [5, 5.41) is 2.34.